The first-order chi connectivity index (χ1) is 5.79. The maximum Gasteiger partial charge on any atom is 0.167 e. The first-order valence-corrected chi connectivity index (χ1v) is 3.91. The molecule has 64 valence electrons. The van der Waals surface area contributed by atoms with E-state index in [1.165, 1.54) is 0 Å². The van der Waals surface area contributed by atoms with Gasteiger partial charge in [0.05, 0.1) is 12.8 Å². The Labute approximate surface area is 71.3 Å². The van der Waals surface area contributed by atoms with Crippen LogP contribution < -0.4 is 14.8 Å². The van der Waals surface area contributed by atoms with Crippen molar-refractivity contribution in [2.24, 2.45) is 0 Å². The minimum Gasteiger partial charge on any atom is -0.497 e. The van der Waals surface area contributed by atoms with Crippen LogP contribution in [0.4, 0.5) is 5.69 Å². The zero-order chi connectivity index (χ0) is 8.55. The van der Waals surface area contributed by atoms with E-state index < -0.39 is 0 Å². The van der Waals surface area contributed by atoms with Gasteiger partial charge in [-0.05, 0) is 19.1 Å². The van der Waals surface area contributed by atoms with Crippen molar-refractivity contribution in [1.82, 2.24) is 0 Å². The van der Waals surface area contributed by atoms with E-state index >= 15 is 0 Å². The highest BCUT2D eigenvalue weighted by Gasteiger charge is 2.17. The zero-order valence-corrected chi connectivity index (χ0v) is 7.13. The van der Waals surface area contributed by atoms with Crippen LogP contribution in [0.25, 0.3) is 0 Å². The van der Waals surface area contributed by atoms with Crippen LogP contribution >= 0.6 is 0 Å². The molecular weight excluding hydrogens is 154 g/mol. The van der Waals surface area contributed by atoms with Crippen molar-refractivity contribution < 1.29 is 9.47 Å². The summed E-state index contributed by atoms with van der Waals surface area (Å²) in [6, 6.07) is 5.75. The predicted molar refractivity (Wildman–Crippen MR) is 46.7 cm³/mol. The van der Waals surface area contributed by atoms with Crippen molar-refractivity contribution in [2.45, 2.75) is 13.2 Å². The average molecular weight is 165 g/mol. The molecule has 0 spiro atoms. The highest BCUT2D eigenvalue weighted by molar-refractivity contribution is 5.62. The van der Waals surface area contributed by atoms with E-state index in [4.69, 9.17) is 9.47 Å². The normalized spacial score (nSPS) is 19.3. The monoisotopic (exact) mass is 165 g/mol. The number of anilines is 1. The number of fused-ring (bicyclic) bond motifs is 1. The number of ether oxygens (including phenoxy) is 2. The van der Waals surface area contributed by atoms with E-state index in [0.717, 1.165) is 17.2 Å². The molecule has 1 atom stereocenters. The van der Waals surface area contributed by atoms with Crippen LogP contribution in [0.15, 0.2) is 18.2 Å². The van der Waals surface area contributed by atoms with Gasteiger partial charge in [0.15, 0.2) is 6.23 Å². The van der Waals surface area contributed by atoms with Crippen molar-refractivity contribution >= 4 is 5.69 Å². The molecule has 1 aliphatic rings. The van der Waals surface area contributed by atoms with Crippen LogP contribution in [0, 0.1) is 0 Å². The molecule has 0 saturated heterocycles. The maximum atomic E-state index is 5.46. The third kappa shape index (κ3) is 1.07. The Hall–Kier alpha value is -1.38. The molecule has 1 heterocycles. The zero-order valence-electron chi connectivity index (χ0n) is 7.13. The fraction of sp³-hybridized carbons (Fsp3) is 0.333. The van der Waals surface area contributed by atoms with Gasteiger partial charge in [-0.25, -0.2) is 0 Å². The number of hydrogen-bond acceptors (Lipinski definition) is 3. The summed E-state index contributed by atoms with van der Waals surface area (Å²) in [5.41, 5.74) is 1.03. The molecule has 3 heteroatoms. The standard InChI is InChI=1S/C9H11NO2/c1-6-10-8-4-3-7(11-2)5-9(8)12-6/h3-6,10H,1-2H3. The molecule has 12 heavy (non-hydrogen) atoms. The molecule has 3 nitrogen and oxygen atoms in total. The third-order valence-electron chi connectivity index (χ3n) is 1.85. The van der Waals surface area contributed by atoms with Gasteiger partial charge in [0.1, 0.15) is 11.5 Å². The molecule has 1 aromatic rings. The third-order valence-corrected chi connectivity index (χ3v) is 1.85. The summed E-state index contributed by atoms with van der Waals surface area (Å²) in [7, 11) is 1.65. The Morgan fingerprint density at radius 2 is 2.33 bits per heavy atom. The second-order valence-electron chi connectivity index (χ2n) is 2.77. The summed E-state index contributed by atoms with van der Waals surface area (Å²) in [5, 5.41) is 3.17. The van der Waals surface area contributed by atoms with Crippen LogP contribution in [0.3, 0.4) is 0 Å². The summed E-state index contributed by atoms with van der Waals surface area (Å²) < 4.78 is 10.5. The first kappa shape index (κ1) is 7.28. The average Bonchev–Trinajstić information content (AvgIpc) is 2.43. The largest absolute Gasteiger partial charge is 0.497 e. The minimum atomic E-state index is 0.0621. The van der Waals surface area contributed by atoms with Gasteiger partial charge < -0.3 is 14.8 Å². The van der Waals surface area contributed by atoms with Crippen LogP contribution in [-0.4, -0.2) is 13.3 Å². The van der Waals surface area contributed by atoms with Crippen LogP contribution in [0.5, 0.6) is 11.5 Å². The lowest BCUT2D eigenvalue weighted by molar-refractivity contribution is 0.273. The first-order valence-electron chi connectivity index (χ1n) is 3.91. The molecule has 1 aliphatic heterocycles. The molecule has 0 fully saturated rings. The van der Waals surface area contributed by atoms with Crippen LogP contribution in [-0.2, 0) is 0 Å². The van der Waals surface area contributed by atoms with E-state index in [9.17, 15) is 0 Å². The van der Waals surface area contributed by atoms with Gasteiger partial charge in [-0.15, -0.1) is 0 Å². The Kier molecular flexibility index (Phi) is 1.57. The molecule has 1 N–H and O–H groups in total. The molecule has 0 radical (unpaired) electrons. The SMILES string of the molecule is COc1ccc2c(c1)OC(C)N2. The molecule has 0 saturated carbocycles. The predicted octanol–water partition coefficient (Wildman–Crippen LogP) is 1.85. The van der Waals surface area contributed by atoms with Crippen molar-refractivity contribution in [2.75, 3.05) is 12.4 Å². The van der Waals surface area contributed by atoms with Gasteiger partial charge in [0, 0.05) is 6.07 Å². The molecule has 0 bridgehead atoms. The lowest BCUT2D eigenvalue weighted by Gasteiger charge is -2.02. The minimum absolute atomic E-state index is 0.0621. The summed E-state index contributed by atoms with van der Waals surface area (Å²) in [6.45, 7) is 1.96. The lowest BCUT2D eigenvalue weighted by atomic mass is 10.3. The Balaban J connectivity index is 2.35. The molecule has 1 unspecified atom stereocenters. The second-order valence-corrected chi connectivity index (χ2v) is 2.77. The number of methoxy groups -OCH3 is 1. The topological polar surface area (TPSA) is 30.5 Å². The summed E-state index contributed by atoms with van der Waals surface area (Å²) in [6.07, 6.45) is 0.0621. The fourth-order valence-electron chi connectivity index (χ4n) is 1.29. The van der Waals surface area contributed by atoms with Gasteiger partial charge in [-0.2, -0.15) is 0 Å². The highest BCUT2D eigenvalue weighted by atomic mass is 16.5. The lowest BCUT2D eigenvalue weighted by Crippen LogP contribution is -2.13. The van der Waals surface area contributed by atoms with Crippen molar-refractivity contribution in [1.29, 1.82) is 0 Å². The molecule has 1 aromatic carbocycles. The number of rotatable bonds is 1. The maximum absolute atomic E-state index is 5.46. The van der Waals surface area contributed by atoms with Crippen molar-refractivity contribution in [3.63, 3.8) is 0 Å². The van der Waals surface area contributed by atoms with Crippen LogP contribution in [0.2, 0.25) is 0 Å². The number of nitrogens with one attached hydrogen (secondary N) is 1. The molecule has 0 amide bonds. The van der Waals surface area contributed by atoms with Crippen molar-refractivity contribution in [3.05, 3.63) is 18.2 Å². The smallest absolute Gasteiger partial charge is 0.167 e. The van der Waals surface area contributed by atoms with Gasteiger partial charge in [-0.3, -0.25) is 0 Å². The van der Waals surface area contributed by atoms with E-state index in [-0.39, 0.29) is 6.23 Å². The molecular formula is C9H11NO2. The van der Waals surface area contributed by atoms with E-state index in [2.05, 4.69) is 5.32 Å². The van der Waals surface area contributed by atoms with E-state index in [1.54, 1.807) is 7.11 Å². The molecule has 2 rings (SSSR count). The summed E-state index contributed by atoms with van der Waals surface area (Å²) in [4.78, 5) is 0. The van der Waals surface area contributed by atoms with Gasteiger partial charge in [0.2, 0.25) is 0 Å². The van der Waals surface area contributed by atoms with Gasteiger partial charge >= 0.3 is 0 Å². The molecule has 0 aromatic heterocycles. The molecule has 0 aliphatic carbocycles. The fourth-order valence-corrected chi connectivity index (χ4v) is 1.29. The Bertz CT molecular complexity index is 299. The number of hydrogen-bond donors (Lipinski definition) is 1. The van der Waals surface area contributed by atoms with Gasteiger partial charge in [0.25, 0.3) is 0 Å². The summed E-state index contributed by atoms with van der Waals surface area (Å²) in [5.74, 6) is 1.69. The van der Waals surface area contributed by atoms with E-state index in [1.807, 2.05) is 25.1 Å². The highest BCUT2D eigenvalue weighted by Crippen LogP contribution is 2.34. The summed E-state index contributed by atoms with van der Waals surface area (Å²) >= 11 is 0. The van der Waals surface area contributed by atoms with Crippen LogP contribution in [0.1, 0.15) is 6.92 Å². The Morgan fingerprint density at radius 1 is 1.50 bits per heavy atom. The van der Waals surface area contributed by atoms with E-state index in [0.29, 0.717) is 0 Å². The Morgan fingerprint density at radius 3 is 3.08 bits per heavy atom. The number of benzene rings is 1. The van der Waals surface area contributed by atoms with Gasteiger partial charge in [-0.1, -0.05) is 0 Å². The van der Waals surface area contributed by atoms with Crippen molar-refractivity contribution in [3.8, 4) is 11.5 Å². The second kappa shape index (κ2) is 2.59. The quantitative estimate of drug-likeness (QED) is 0.688.